The lowest BCUT2D eigenvalue weighted by Crippen LogP contribution is -2.35. The van der Waals surface area contributed by atoms with Crippen molar-refractivity contribution < 1.29 is 9.59 Å². The zero-order valence-electron chi connectivity index (χ0n) is 10.9. The molecular weight excluding hydrogens is 242 g/mol. The van der Waals surface area contributed by atoms with Crippen LogP contribution in [0.5, 0.6) is 0 Å². The van der Waals surface area contributed by atoms with Gasteiger partial charge in [-0.3, -0.25) is 9.59 Å². The summed E-state index contributed by atoms with van der Waals surface area (Å²) in [5.41, 5.74) is 1.06. The highest BCUT2D eigenvalue weighted by Gasteiger charge is 2.34. The van der Waals surface area contributed by atoms with Crippen LogP contribution >= 0.6 is 0 Å². The Morgan fingerprint density at radius 3 is 2.58 bits per heavy atom. The van der Waals surface area contributed by atoms with Crippen molar-refractivity contribution in [1.29, 1.82) is 0 Å². The van der Waals surface area contributed by atoms with Crippen molar-refractivity contribution in [3.63, 3.8) is 0 Å². The first kappa shape index (κ1) is 13.0. The number of hydrogen-bond acceptors (Lipinski definition) is 3. The first-order valence-electron chi connectivity index (χ1n) is 5.95. The summed E-state index contributed by atoms with van der Waals surface area (Å²) in [4.78, 5) is 23.7. The van der Waals surface area contributed by atoms with E-state index in [1.165, 1.54) is 5.01 Å². The molecule has 0 unspecified atom stereocenters. The van der Waals surface area contributed by atoms with E-state index in [0.717, 1.165) is 0 Å². The van der Waals surface area contributed by atoms with Crippen molar-refractivity contribution in [2.45, 2.75) is 13.8 Å². The van der Waals surface area contributed by atoms with E-state index >= 15 is 0 Å². The molecule has 0 fully saturated rings. The van der Waals surface area contributed by atoms with Crippen LogP contribution in [0.4, 0.5) is 5.69 Å². The minimum Gasteiger partial charge on any atom is -0.308 e. The van der Waals surface area contributed by atoms with Crippen molar-refractivity contribution in [1.82, 2.24) is 5.32 Å². The van der Waals surface area contributed by atoms with E-state index < -0.39 is 5.92 Å². The smallest absolute Gasteiger partial charge is 0.257 e. The highest BCUT2D eigenvalue weighted by Crippen LogP contribution is 2.22. The molecule has 1 aromatic rings. The molecule has 98 valence electrons. The molecule has 0 radical (unpaired) electrons. The van der Waals surface area contributed by atoms with Gasteiger partial charge in [-0.25, -0.2) is 0 Å². The Balaban J connectivity index is 2.24. The van der Waals surface area contributed by atoms with Crippen LogP contribution in [-0.4, -0.2) is 17.6 Å². The Hall–Kier alpha value is -2.43. The zero-order valence-corrected chi connectivity index (χ0v) is 10.9. The van der Waals surface area contributed by atoms with Crippen LogP contribution in [0.3, 0.4) is 0 Å². The van der Waals surface area contributed by atoms with Crippen molar-refractivity contribution in [3.05, 3.63) is 42.5 Å². The number of carbonyl (C=O) groups is 2. The molecule has 2 rings (SSSR count). The fourth-order valence-electron chi connectivity index (χ4n) is 1.65. The third kappa shape index (κ3) is 2.54. The molecule has 0 saturated carbocycles. The van der Waals surface area contributed by atoms with Gasteiger partial charge in [0.2, 0.25) is 0 Å². The molecule has 19 heavy (non-hydrogen) atoms. The van der Waals surface area contributed by atoms with Gasteiger partial charge < -0.3 is 5.32 Å². The molecule has 0 saturated heterocycles. The van der Waals surface area contributed by atoms with Crippen molar-refractivity contribution in [2.75, 3.05) is 5.01 Å². The Morgan fingerprint density at radius 2 is 2.00 bits per heavy atom. The standard InChI is InChI=1S/C14H15N3O2/c1-9(2)13(18)15-12-10(3)14(19)17(16-12)11-7-5-4-6-8-11/h4-8,10H,1H2,2-3H3,(H,15,16,18)/t10-/m0/s1. The van der Waals surface area contributed by atoms with Crippen LogP contribution in [-0.2, 0) is 9.59 Å². The minimum absolute atomic E-state index is 0.164. The molecule has 5 heteroatoms. The summed E-state index contributed by atoms with van der Waals surface area (Å²) in [5.74, 6) is -0.609. The summed E-state index contributed by atoms with van der Waals surface area (Å²) in [7, 11) is 0. The molecule has 2 amide bonds. The summed E-state index contributed by atoms with van der Waals surface area (Å²) in [6, 6.07) is 9.09. The topological polar surface area (TPSA) is 61.8 Å². The van der Waals surface area contributed by atoms with Gasteiger partial charge in [0.25, 0.3) is 11.8 Å². The van der Waals surface area contributed by atoms with Crippen LogP contribution in [0.1, 0.15) is 13.8 Å². The number of nitrogens with one attached hydrogen (secondary N) is 1. The molecule has 5 nitrogen and oxygen atoms in total. The highest BCUT2D eigenvalue weighted by atomic mass is 16.2. The quantitative estimate of drug-likeness (QED) is 0.819. The summed E-state index contributed by atoms with van der Waals surface area (Å²) < 4.78 is 0. The van der Waals surface area contributed by atoms with E-state index in [9.17, 15) is 9.59 Å². The van der Waals surface area contributed by atoms with Gasteiger partial charge in [-0.1, -0.05) is 24.8 Å². The molecule has 0 aromatic heterocycles. The number of amides is 2. The number of anilines is 1. The molecule has 1 atom stereocenters. The van der Waals surface area contributed by atoms with Gasteiger partial charge >= 0.3 is 0 Å². The third-order valence-corrected chi connectivity index (χ3v) is 2.83. The van der Waals surface area contributed by atoms with Gasteiger partial charge in [0, 0.05) is 5.57 Å². The van der Waals surface area contributed by atoms with Crippen LogP contribution in [0.2, 0.25) is 0 Å². The molecule has 1 aliphatic rings. The normalized spacial score (nSPS) is 18.2. The van der Waals surface area contributed by atoms with Gasteiger partial charge in [-0.2, -0.15) is 10.1 Å². The molecule has 0 spiro atoms. The zero-order chi connectivity index (χ0) is 14.0. The van der Waals surface area contributed by atoms with Crippen molar-refractivity contribution in [3.8, 4) is 0 Å². The lowest BCUT2D eigenvalue weighted by atomic mass is 10.1. The van der Waals surface area contributed by atoms with Crippen LogP contribution in [0.15, 0.2) is 47.6 Å². The minimum atomic E-state index is -0.469. The van der Waals surface area contributed by atoms with E-state index in [1.54, 1.807) is 26.0 Å². The van der Waals surface area contributed by atoms with Gasteiger partial charge in [0.1, 0.15) is 5.84 Å². The molecule has 1 aromatic carbocycles. The second kappa shape index (κ2) is 5.06. The Bertz CT molecular complexity index is 563. The number of benzene rings is 1. The van der Waals surface area contributed by atoms with E-state index in [4.69, 9.17) is 0 Å². The predicted molar refractivity (Wildman–Crippen MR) is 73.5 cm³/mol. The molecule has 1 aliphatic heterocycles. The molecular formula is C14H15N3O2. The summed E-state index contributed by atoms with van der Waals surface area (Å²) >= 11 is 0. The Labute approximate surface area is 111 Å². The summed E-state index contributed by atoms with van der Waals surface area (Å²) in [6.07, 6.45) is 0. The number of hydrogen-bond donors (Lipinski definition) is 1. The average molecular weight is 257 g/mol. The number of hydrazone groups is 1. The number of amidine groups is 1. The second-order valence-electron chi connectivity index (χ2n) is 4.43. The van der Waals surface area contributed by atoms with Gasteiger partial charge in [-0.15, -0.1) is 0 Å². The van der Waals surface area contributed by atoms with E-state index in [2.05, 4.69) is 17.0 Å². The van der Waals surface area contributed by atoms with E-state index in [-0.39, 0.29) is 11.8 Å². The molecule has 0 bridgehead atoms. The molecule has 1 N–H and O–H groups in total. The lowest BCUT2D eigenvalue weighted by Gasteiger charge is -2.11. The van der Waals surface area contributed by atoms with E-state index in [1.807, 2.05) is 18.2 Å². The van der Waals surface area contributed by atoms with Gasteiger partial charge in [0.05, 0.1) is 11.6 Å². The largest absolute Gasteiger partial charge is 0.308 e. The van der Waals surface area contributed by atoms with Crippen LogP contribution in [0.25, 0.3) is 0 Å². The van der Waals surface area contributed by atoms with Gasteiger partial charge in [-0.05, 0) is 26.0 Å². The fourth-order valence-corrected chi connectivity index (χ4v) is 1.65. The monoisotopic (exact) mass is 257 g/mol. The maximum absolute atomic E-state index is 12.1. The first-order valence-corrected chi connectivity index (χ1v) is 5.95. The van der Waals surface area contributed by atoms with Crippen LogP contribution in [0, 0.1) is 5.92 Å². The number of carbonyl (C=O) groups excluding carboxylic acids is 2. The summed E-state index contributed by atoms with van der Waals surface area (Å²) in [6.45, 7) is 6.87. The average Bonchev–Trinajstić information content (AvgIpc) is 2.68. The molecule has 0 aliphatic carbocycles. The SMILES string of the molecule is C=C(C)C(=O)NC1=NN(c2ccccc2)C(=O)[C@H]1C. The van der Waals surface area contributed by atoms with E-state index in [0.29, 0.717) is 17.1 Å². The number of nitrogens with zero attached hydrogens (tertiary/aromatic N) is 2. The predicted octanol–water partition coefficient (Wildman–Crippen LogP) is 1.68. The maximum atomic E-state index is 12.1. The highest BCUT2D eigenvalue weighted by molar-refractivity contribution is 6.19. The molecule has 1 heterocycles. The second-order valence-corrected chi connectivity index (χ2v) is 4.43. The van der Waals surface area contributed by atoms with Crippen molar-refractivity contribution in [2.24, 2.45) is 11.0 Å². The van der Waals surface area contributed by atoms with Gasteiger partial charge in [0.15, 0.2) is 0 Å². The summed E-state index contributed by atoms with van der Waals surface area (Å²) in [5, 5.41) is 8.08. The van der Waals surface area contributed by atoms with Crippen molar-refractivity contribution >= 4 is 23.3 Å². The Kier molecular flexibility index (Phi) is 3.46. The van der Waals surface area contributed by atoms with Crippen LogP contribution < -0.4 is 10.3 Å². The first-order chi connectivity index (χ1) is 9.00. The Morgan fingerprint density at radius 1 is 1.37 bits per heavy atom. The number of rotatable bonds is 2. The fraction of sp³-hybridized carbons (Fsp3) is 0.214. The lowest BCUT2D eigenvalue weighted by molar-refractivity contribution is -0.119. The maximum Gasteiger partial charge on any atom is 0.257 e. The third-order valence-electron chi connectivity index (χ3n) is 2.83. The number of para-hydroxylation sites is 1.